The molecule has 208 valence electrons. The Hall–Kier alpha value is -3.78. The van der Waals surface area contributed by atoms with Gasteiger partial charge in [0.15, 0.2) is 17.3 Å². The molecule has 0 aromatic heterocycles. The number of hydrogen-bond acceptors (Lipinski definition) is 8. The highest BCUT2D eigenvalue weighted by Gasteiger charge is 2.42. The molecule has 8 heteroatoms. The largest absolute Gasteiger partial charge is 0.494 e. The van der Waals surface area contributed by atoms with Gasteiger partial charge in [0.25, 0.3) is 0 Å². The lowest BCUT2D eigenvalue weighted by Crippen LogP contribution is -2.36. The van der Waals surface area contributed by atoms with Crippen molar-refractivity contribution in [1.82, 2.24) is 5.32 Å². The number of Topliss-reactive ketones (excluding diaryl/α,β-unsaturated/α-hetero) is 1. The Balaban J connectivity index is 1.75. The molecule has 0 spiro atoms. The fraction of sp³-hybridized carbons (Fsp3) is 0.419. The van der Waals surface area contributed by atoms with Crippen LogP contribution >= 0.6 is 0 Å². The monoisotopic (exact) mass is 535 g/mol. The third-order valence-electron chi connectivity index (χ3n) is 7.12. The lowest BCUT2D eigenvalue weighted by molar-refractivity contribution is -0.140. The van der Waals surface area contributed by atoms with Gasteiger partial charge < -0.3 is 29.0 Å². The van der Waals surface area contributed by atoms with Crippen LogP contribution in [0.1, 0.15) is 56.6 Å². The van der Waals surface area contributed by atoms with E-state index in [4.69, 9.17) is 23.7 Å². The normalized spacial score (nSPS) is 18.8. The van der Waals surface area contributed by atoms with E-state index in [-0.39, 0.29) is 18.3 Å². The van der Waals surface area contributed by atoms with E-state index in [1.54, 1.807) is 14.2 Å². The second-order valence-electron chi connectivity index (χ2n) is 9.44. The first-order valence-electron chi connectivity index (χ1n) is 13.4. The van der Waals surface area contributed by atoms with Crippen LogP contribution in [0.4, 0.5) is 0 Å². The number of benzene rings is 2. The zero-order chi connectivity index (χ0) is 27.9. The molecule has 2 aromatic rings. The van der Waals surface area contributed by atoms with Crippen molar-refractivity contribution in [2.45, 2.75) is 45.4 Å². The number of carbonyl (C=O) groups is 2. The Morgan fingerprint density at radius 1 is 0.949 bits per heavy atom. The van der Waals surface area contributed by atoms with Crippen LogP contribution in [0.25, 0.3) is 0 Å². The molecule has 0 saturated carbocycles. The molecule has 0 bridgehead atoms. The summed E-state index contributed by atoms with van der Waals surface area (Å²) in [7, 11) is 3.19. The zero-order valence-corrected chi connectivity index (χ0v) is 23.3. The summed E-state index contributed by atoms with van der Waals surface area (Å²) in [6, 6.07) is 13.3. The molecular weight excluding hydrogens is 498 g/mol. The number of carbonyl (C=O) groups excluding carboxylic acids is 2. The minimum atomic E-state index is -0.609. The maximum Gasteiger partial charge on any atom is 0.336 e. The molecule has 0 radical (unpaired) electrons. The molecule has 8 nitrogen and oxygen atoms in total. The highest BCUT2D eigenvalue weighted by molar-refractivity contribution is 6.04. The maximum atomic E-state index is 13.9. The molecule has 1 heterocycles. The van der Waals surface area contributed by atoms with Gasteiger partial charge in [-0.1, -0.05) is 24.3 Å². The number of ketones is 1. The van der Waals surface area contributed by atoms with Crippen molar-refractivity contribution in [2.24, 2.45) is 0 Å². The molecule has 0 saturated heterocycles. The van der Waals surface area contributed by atoms with Crippen molar-refractivity contribution < 1.29 is 33.3 Å². The Bertz CT molecular complexity index is 1280. The molecule has 0 unspecified atom stereocenters. The molecule has 4 rings (SSSR count). The van der Waals surface area contributed by atoms with E-state index >= 15 is 0 Å². The number of para-hydroxylation sites is 1. The Morgan fingerprint density at radius 3 is 2.44 bits per heavy atom. The quantitative estimate of drug-likeness (QED) is 0.316. The van der Waals surface area contributed by atoms with E-state index in [9.17, 15) is 9.59 Å². The van der Waals surface area contributed by atoms with Crippen molar-refractivity contribution in [1.29, 1.82) is 0 Å². The van der Waals surface area contributed by atoms with Crippen LogP contribution in [0.2, 0.25) is 0 Å². The number of hydrogen-bond donors (Lipinski definition) is 1. The fourth-order valence-electron chi connectivity index (χ4n) is 5.38. The maximum absolute atomic E-state index is 13.9. The topological polar surface area (TPSA) is 92.3 Å². The van der Waals surface area contributed by atoms with Gasteiger partial charge in [0.1, 0.15) is 12.4 Å². The van der Waals surface area contributed by atoms with Crippen LogP contribution in [0.15, 0.2) is 65.0 Å². The molecule has 1 N–H and O–H groups in total. The summed E-state index contributed by atoms with van der Waals surface area (Å²) in [6.07, 6.45) is 0.906. The van der Waals surface area contributed by atoms with Crippen molar-refractivity contribution in [2.75, 3.05) is 40.6 Å². The van der Waals surface area contributed by atoms with Crippen molar-refractivity contribution in [3.8, 4) is 17.2 Å². The molecule has 2 aliphatic rings. The van der Waals surface area contributed by atoms with E-state index in [0.29, 0.717) is 66.8 Å². The van der Waals surface area contributed by atoms with Gasteiger partial charge in [-0.05, 0) is 56.9 Å². The number of nitrogens with one attached hydrogen (secondary N) is 1. The fourth-order valence-corrected chi connectivity index (χ4v) is 5.38. The third kappa shape index (κ3) is 5.96. The van der Waals surface area contributed by atoms with Gasteiger partial charge >= 0.3 is 5.97 Å². The first-order valence-corrected chi connectivity index (χ1v) is 13.4. The molecule has 1 aliphatic heterocycles. The Morgan fingerprint density at radius 2 is 1.72 bits per heavy atom. The molecule has 2 atom stereocenters. The van der Waals surface area contributed by atoms with Crippen LogP contribution in [-0.2, 0) is 19.1 Å². The highest BCUT2D eigenvalue weighted by atomic mass is 16.6. The van der Waals surface area contributed by atoms with Gasteiger partial charge in [0, 0.05) is 35.6 Å². The minimum absolute atomic E-state index is 0.0213. The summed E-state index contributed by atoms with van der Waals surface area (Å²) in [6.45, 7) is 7.08. The predicted molar refractivity (Wildman–Crippen MR) is 147 cm³/mol. The average Bonchev–Trinajstić information content (AvgIpc) is 2.94. The van der Waals surface area contributed by atoms with Gasteiger partial charge in [-0.25, -0.2) is 4.79 Å². The summed E-state index contributed by atoms with van der Waals surface area (Å²) in [5.74, 6) is 0.736. The van der Waals surface area contributed by atoms with Gasteiger partial charge in [-0.15, -0.1) is 0 Å². The van der Waals surface area contributed by atoms with E-state index < -0.39 is 11.9 Å². The SMILES string of the molecule is CCOCCOC(=O)C1=C(C)NC2=C(C(=O)C[C@@H](c3ccc(OC)c(OC)c3)C2)[C@H]1c1ccccc1OCC. The smallest absolute Gasteiger partial charge is 0.336 e. The number of methoxy groups -OCH3 is 2. The van der Waals surface area contributed by atoms with Crippen LogP contribution in [0.5, 0.6) is 17.2 Å². The summed E-state index contributed by atoms with van der Waals surface area (Å²) >= 11 is 0. The molecular formula is C31H37NO7. The van der Waals surface area contributed by atoms with Crippen LogP contribution < -0.4 is 19.5 Å². The van der Waals surface area contributed by atoms with E-state index in [2.05, 4.69) is 5.32 Å². The van der Waals surface area contributed by atoms with Crippen LogP contribution in [0, 0.1) is 0 Å². The highest BCUT2D eigenvalue weighted by Crippen LogP contribution is 2.48. The average molecular weight is 536 g/mol. The second kappa shape index (κ2) is 12.8. The Kier molecular flexibility index (Phi) is 9.30. The summed E-state index contributed by atoms with van der Waals surface area (Å²) in [4.78, 5) is 27.4. The van der Waals surface area contributed by atoms with Crippen molar-refractivity contribution in [3.05, 3.63) is 76.1 Å². The van der Waals surface area contributed by atoms with Crippen molar-refractivity contribution in [3.63, 3.8) is 0 Å². The summed E-state index contributed by atoms with van der Waals surface area (Å²) in [5, 5.41) is 3.39. The summed E-state index contributed by atoms with van der Waals surface area (Å²) in [5.41, 5.74) is 4.22. The van der Waals surface area contributed by atoms with Gasteiger partial charge in [-0.2, -0.15) is 0 Å². The zero-order valence-electron chi connectivity index (χ0n) is 23.3. The first kappa shape index (κ1) is 28.2. The lowest BCUT2D eigenvalue weighted by Gasteiger charge is -2.37. The number of allylic oxidation sites excluding steroid dienone is 3. The van der Waals surface area contributed by atoms with Crippen LogP contribution in [0.3, 0.4) is 0 Å². The summed E-state index contributed by atoms with van der Waals surface area (Å²) < 4.78 is 27.8. The van der Waals surface area contributed by atoms with E-state index in [0.717, 1.165) is 16.8 Å². The first-order chi connectivity index (χ1) is 18.9. The standard InChI is InChI=1S/C31H37NO7/c1-6-37-14-15-39-31(34)28-19(3)32-23-16-21(20-12-13-26(35-4)27(18-20)36-5)17-24(33)30(23)29(28)22-10-8-9-11-25(22)38-7-2/h8-13,18,21,29,32H,6-7,14-17H2,1-5H3/t21-,29-/m0/s1. The molecule has 0 fully saturated rings. The lowest BCUT2D eigenvalue weighted by atomic mass is 9.71. The molecule has 39 heavy (non-hydrogen) atoms. The predicted octanol–water partition coefficient (Wildman–Crippen LogP) is 5.04. The number of ether oxygens (including phenoxy) is 5. The number of rotatable bonds is 11. The molecule has 2 aromatic carbocycles. The van der Waals surface area contributed by atoms with Gasteiger partial charge in [-0.3, -0.25) is 4.79 Å². The van der Waals surface area contributed by atoms with Crippen molar-refractivity contribution >= 4 is 11.8 Å². The van der Waals surface area contributed by atoms with Crippen LogP contribution in [-0.4, -0.2) is 52.4 Å². The Labute approximate surface area is 229 Å². The number of dihydropyridines is 1. The van der Waals surface area contributed by atoms with E-state index in [1.165, 1.54) is 0 Å². The van der Waals surface area contributed by atoms with Gasteiger partial charge in [0.2, 0.25) is 0 Å². The molecule has 0 amide bonds. The van der Waals surface area contributed by atoms with E-state index in [1.807, 2.05) is 63.2 Å². The number of esters is 1. The third-order valence-corrected chi connectivity index (χ3v) is 7.12. The molecule has 1 aliphatic carbocycles. The minimum Gasteiger partial charge on any atom is -0.494 e. The van der Waals surface area contributed by atoms with Gasteiger partial charge in [0.05, 0.1) is 38.9 Å². The second-order valence-corrected chi connectivity index (χ2v) is 9.44.